The van der Waals surface area contributed by atoms with Gasteiger partial charge in [-0.25, -0.2) is 0 Å². The monoisotopic (exact) mass is 513 g/mol. The van der Waals surface area contributed by atoms with Gasteiger partial charge >= 0.3 is 6.61 Å². The van der Waals surface area contributed by atoms with Crippen LogP contribution in [0.25, 0.3) is 27.7 Å². The van der Waals surface area contributed by atoms with E-state index in [0.29, 0.717) is 22.2 Å². The molecule has 4 aromatic carbocycles. The predicted octanol–water partition coefficient (Wildman–Crippen LogP) is 8.65. The third kappa shape index (κ3) is 4.68. The number of hydrogen-bond donors (Lipinski definition) is 2. The van der Waals surface area contributed by atoms with Gasteiger partial charge in [-0.15, -0.1) is 10.2 Å². The number of aryl methyl sites for hydroxylation is 3. The van der Waals surface area contributed by atoms with E-state index in [4.69, 9.17) is 0 Å². The van der Waals surface area contributed by atoms with E-state index in [9.17, 15) is 19.0 Å². The van der Waals surface area contributed by atoms with Crippen molar-refractivity contribution >= 4 is 22.3 Å². The molecule has 38 heavy (non-hydrogen) atoms. The van der Waals surface area contributed by atoms with Gasteiger partial charge in [0.1, 0.15) is 11.4 Å². The van der Waals surface area contributed by atoms with Crippen LogP contribution in [-0.2, 0) is 0 Å². The predicted molar refractivity (Wildman–Crippen MR) is 144 cm³/mol. The highest BCUT2D eigenvalue weighted by atomic mass is 19.3. The number of alkyl halides is 2. The molecule has 6 nitrogen and oxygen atoms in total. The molecular weight excluding hydrogens is 488 g/mol. The van der Waals surface area contributed by atoms with Crippen LogP contribution in [0.3, 0.4) is 0 Å². The number of phenolic OH excluding ortho intramolecular Hbond substituents is 1. The molecule has 5 rings (SSSR count). The quantitative estimate of drug-likeness (QED) is 0.223. The number of aromatic nitrogens is 1. The summed E-state index contributed by atoms with van der Waals surface area (Å²) < 4.78 is 31.9. The number of aromatic hydroxyl groups is 2. The average molecular weight is 514 g/mol. The Bertz CT molecular complexity index is 1690. The van der Waals surface area contributed by atoms with Gasteiger partial charge in [0.25, 0.3) is 0 Å². The first kappa shape index (κ1) is 25.0. The molecule has 0 saturated carbocycles. The van der Waals surface area contributed by atoms with Crippen molar-refractivity contribution in [3.05, 3.63) is 95.6 Å². The van der Waals surface area contributed by atoms with Gasteiger partial charge in [0.2, 0.25) is 5.88 Å². The van der Waals surface area contributed by atoms with Gasteiger partial charge in [0.05, 0.1) is 5.52 Å². The van der Waals surface area contributed by atoms with Crippen LogP contribution < -0.4 is 4.74 Å². The number of ether oxygens (including phenoxy) is 1. The molecule has 5 aromatic rings. The highest BCUT2D eigenvalue weighted by molar-refractivity contribution is 5.97. The van der Waals surface area contributed by atoms with Crippen molar-refractivity contribution in [1.82, 2.24) is 4.57 Å². The molecule has 0 aliphatic rings. The minimum absolute atomic E-state index is 0.0492. The van der Waals surface area contributed by atoms with Crippen LogP contribution >= 0.6 is 0 Å². The maximum atomic E-state index is 12.9. The lowest BCUT2D eigenvalue weighted by molar-refractivity contribution is -0.0497. The highest BCUT2D eigenvalue weighted by Gasteiger charge is 2.20. The topological polar surface area (TPSA) is 79.3 Å². The summed E-state index contributed by atoms with van der Waals surface area (Å²) in [5.74, 6) is -0.329. The van der Waals surface area contributed by atoms with Crippen molar-refractivity contribution in [1.29, 1.82) is 0 Å². The van der Waals surface area contributed by atoms with Crippen LogP contribution in [0.1, 0.15) is 16.7 Å². The Kier molecular flexibility index (Phi) is 6.55. The van der Waals surface area contributed by atoms with E-state index in [0.717, 1.165) is 22.3 Å². The summed E-state index contributed by atoms with van der Waals surface area (Å²) in [6.45, 7) is 2.89. The van der Waals surface area contributed by atoms with E-state index < -0.39 is 6.61 Å². The fourth-order valence-corrected chi connectivity index (χ4v) is 4.40. The Morgan fingerprint density at radius 1 is 0.816 bits per heavy atom. The molecule has 0 aliphatic heterocycles. The number of azo groups is 1. The summed E-state index contributed by atoms with van der Waals surface area (Å²) in [7, 11) is 0. The maximum Gasteiger partial charge on any atom is 0.387 e. The summed E-state index contributed by atoms with van der Waals surface area (Å²) >= 11 is 0. The van der Waals surface area contributed by atoms with E-state index in [1.807, 2.05) is 63.2 Å². The third-order valence-corrected chi connectivity index (χ3v) is 6.46. The first-order chi connectivity index (χ1) is 18.2. The summed E-state index contributed by atoms with van der Waals surface area (Å²) in [5.41, 5.74) is 5.91. The number of fused-ring (bicyclic) bond motifs is 1. The van der Waals surface area contributed by atoms with Crippen molar-refractivity contribution in [2.45, 2.75) is 27.4 Å². The lowest BCUT2D eigenvalue weighted by atomic mass is 10.0. The lowest BCUT2D eigenvalue weighted by Crippen LogP contribution is -2.02. The van der Waals surface area contributed by atoms with Crippen LogP contribution in [0.5, 0.6) is 17.4 Å². The Hall–Kier alpha value is -4.72. The van der Waals surface area contributed by atoms with Crippen LogP contribution in [0, 0.1) is 20.8 Å². The Morgan fingerprint density at radius 2 is 1.61 bits per heavy atom. The Labute approximate surface area is 218 Å². The second-order valence-electron chi connectivity index (χ2n) is 9.08. The van der Waals surface area contributed by atoms with Crippen molar-refractivity contribution < 1.29 is 23.7 Å². The molecule has 2 N–H and O–H groups in total. The fourth-order valence-electron chi connectivity index (χ4n) is 4.40. The zero-order chi connectivity index (χ0) is 27.0. The number of para-hydroxylation sites is 1. The molecule has 192 valence electrons. The van der Waals surface area contributed by atoms with E-state index in [2.05, 4.69) is 15.0 Å². The summed E-state index contributed by atoms with van der Waals surface area (Å²) in [6, 6.07) is 22.9. The standard InChI is InChI=1S/C30H25F2N3O3/c1-17-6-4-7-20(14-17)23-8-5-9-25(28(23)36)33-34-27-24-13-12-22(38-30(31)32)16-26(24)35(29(27)37)21-11-10-18(2)19(3)15-21/h4-16,30,36-37H,1-3H3. The first-order valence-electron chi connectivity index (χ1n) is 11.9. The third-order valence-electron chi connectivity index (χ3n) is 6.46. The zero-order valence-corrected chi connectivity index (χ0v) is 21.0. The highest BCUT2D eigenvalue weighted by Crippen LogP contribution is 2.44. The average Bonchev–Trinajstić information content (AvgIpc) is 3.15. The molecule has 0 spiro atoms. The smallest absolute Gasteiger partial charge is 0.387 e. The van der Waals surface area contributed by atoms with Crippen LogP contribution in [0.15, 0.2) is 89.1 Å². The summed E-state index contributed by atoms with van der Waals surface area (Å²) in [6.07, 6.45) is 0. The van der Waals surface area contributed by atoms with Gasteiger partial charge in [-0.1, -0.05) is 48.0 Å². The molecule has 0 fully saturated rings. The minimum atomic E-state index is -2.99. The normalized spacial score (nSPS) is 11.6. The van der Waals surface area contributed by atoms with Crippen molar-refractivity contribution in [3.8, 4) is 34.2 Å². The van der Waals surface area contributed by atoms with Gasteiger partial charge in [-0.3, -0.25) is 4.57 Å². The fraction of sp³-hybridized carbons (Fsp3) is 0.133. The maximum absolute atomic E-state index is 12.9. The van der Waals surface area contributed by atoms with Gasteiger partial charge in [-0.05, 0) is 67.8 Å². The summed E-state index contributed by atoms with van der Waals surface area (Å²) in [5, 5.41) is 31.2. The molecule has 0 unspecified atom stereocenters. The molecule has 8 heteroatoms. The number of hydrogen-bond acceptors (Lipinski definition) is 5. The lowest BCUT2D eigenvalue weighted by Gasteiger charge is -2.10. The van der Waals surface area contributed by atoms with E-state index >= 15 is 0 Å². The molecule has 0 aliphatic carbocycles. The molecule has 0 radical (unpaired) electrons. The Morgan fingerprint density at radius 3 is 2.34 bits per heavy atom. The van der Waals surface area contributed by atoms with Crippen molar-refractivity contribution in [2.75, 3.05) is 0 Å². The van der Waals surface area contributed by atoms with Gasteiger partial charge in [-0.2, -0.15) is 8.78 Å². The second kappa shape index (κ2) is 9.97. The minimum Gasteiger partial charge on any atom is -0.505 e. The first-order valence-corrected chi connectivity index (χ1v) is 11.9. The van der Waals surface area contributed by atoms with Crippen molar-refractivity contribution in [2.24, 2.45) is 10.2 Å². The van der Waals surface area contributed by atoms with Gasteiger partial charge < -0.3 is 14.9 Å². The van der Waals surface area contributed by atoms with Gasteiger partial charge in [0.15, 0.2) is 11.4 Å². The van der Waals surface area contributed by atoms with Gasteiger partial charge in [0, 0.05) is 22.7 Å². The molecule has 0 saturated heterocycles. The molecular formula is C30H25F2N3O3. The SMILES string of the molecule is Cc1cccc(-c2cccc(N=Nc3c(O)n(-c4ccc(C)c(C)c4)c4cc(OC(F)F)ccc34)c2O)c1. The van der Waals surface area contributed by atoms with Crippen LogP contribution in [-0.4, -0.2) is 21.4 Å². The number of phenols is 1. The Balaban J connectivity index is 1.65. The number of benzene rings is 4. The van der Waals surface area contributed by atoms with Crippen LogP contribution in [0.2, 0.25) is 0 Å². The van der Waals surface area contributed by atoms with Crippen LogP contribution in [0.4, 0.5) is 20.2 Å². The molecule has 1 heterocycles. The number of nitrogens with zero attached hydrogens (tertiary/aromatic N) is 3. The van der Waals surface area contributed by atoms with E-state index in [1.165, 1.54) is 16.7 Å². The number of rotatable bonds is 6. The van der Waals surface area contributed by atoms with Crippen molar-refractivity contribution in [3.63, 3.8) is 0 Å². The summed E-state index contributed by atoms with van der Waals surface area (Å²) in [4.78, 5) is 0. The molecule has 0 bridgehead atoms. The second-order valence-corrected chi connectivity index (χ2v) is 9.08. The van der Waals surface area contributed by atoms with E-state index in [-0.39, 0.29) is 28.8 Å². The van der Waals surface area contributed by atoms with E-state index in [1.54, 1.807) is 24.3 Å². The molecule has 0 amide bonds. The molecule has 0 atom stereocenters. The largest absolute Gasteiger partial charge is 0.505 e. The zero-order valence-electron chi connectivity index (χ0n) is 21.0. The number of halogens is 2. The molecule has 1 aromatic heterocycles.